The van der Waals surface area contributed by atoms with Crippen molar-refractivity contribution in [3.63, 3.8) is 0 Å². The minimum atomic E-state index is -4.35. The Kier molecular flexibility index (Phi) is 11.3. The third-order valence-corrected chi connectivity index (χ3v) is 9.82. The number of benzene rings is 2. The number of unbranched alkanes of at least 4 members (excludes halogenated alkanes) is 1. The minimum Gasteiger partial charge on any atom is -0.346 e. The van der Waals surface area contributed by atoms with E-state index in [0.29, 0.717) is 17.7 Å². The molecular formula is C33H43N5O7S. The van der Waals surface area contributed by atoms with Crippen LogP contribution in [0.4, 0.5) is 0 Å². The van der Waals surface area contributed by atoms with Crippen LogP contribution in [-0.4, -0.2) is 60.1 Å². The van der Waals surface area contributed by atoms with E-state index in [0.717, 1.165) is 56.3 Å². The van der Waals surface area contributed by atoms with Crippen LogP contribution in [0.5, 0.6) is 0 Å². The van der Waals surface area contributed by atoms with Crippen molar-refractivity contribution in [2.24, 2.45) is 16.8 Å². The van der Waals surface area contributed by atoms with Gasteiger partial charge in [-0.3, -0.25) is 34.3 Å². The molecule has 1 fully saturated rings. The van der Waals surface area contributed by atoms with Gasteiger partial charge in [0.25, 0.3) is 27.7 Å². The van der Waals surface area contributed by atoms with Crippen molar-refractivity contribution in [2.45, 2.75) is 89.1 Å². The highest BCUT2D eigenvalue weighted by Gasteiger charge is 2.49. The lowest BCUT2D eigenvalue weighted by Crippen LogP contribution is -2.45. The quantitative estimate of drug-likeness (QED) is 0.137. The summed E-state index contributed by atoms with van der Waals surface area (Å²) in [4.78, 5) is 57.1. The van der Waals surface area contributed by atoms with Crippen molar-refractivity contribution in [1.82, 2.24) is 20.4 Å². The monoisotopic (exact) mass is 653 g/mol. The zero-order valence-corrected chi connectivity index (χ0v) is 27.4. The predicted octanol–water partition coefficient (Wildman–Crippen LogP) is 3.69. The Morgan fingerprint density at radius 2 is 1.70 bits per heavy atom. The van der Waals surface area contributed by atoms with E-state index in [1.807, 2.05) is 21.8 Å². The summed E-state index contributed by atoms with van der Waals surface area (Å²) < 4.78 is 28.6. The zero-order chi connectivity index (χ0) is 33.5. The molecule has 2 aliphatic rings. The largest absolute Gasteiger partial charge is 0.346 e. The maximum atomic E-state index is 13.5. The van der Waals surface area contributed by atoms with Crippen molar-refractivity contribution in [3.05, 3.63) is 54.1 Å². The van der Waals surface area contributed by atoms with Gasteiger partial charge in [0.15, 0.2) is 0 Å². The molecule has 13 heteroatoms. The smallest absolute Gasteiger partial charge is 0.264 e. The molecule has 1 unspecified atom stereocenters. The Morgan fingerprint density at radius 3 is 2.33 bits per heavy atom. The van der Waals surface area contributed by atoms with E-state index in [9.17, 15) is 27.6 Å². The number of hydroxylamine groups is 1. The number of carbonyl (C=O) groups excluding carboxylic acids is 4. The molecule has 1 spiro atoms. The third kappa shape index (κ3) is 8.00. The van der Waals surface area contributed by atoms with Crippen LogP contribution in [-0.2, 0) is 35.7 Å². The number of aliphatic imine (C=N–C) groups is 1. The lowest BCUT2D eigenvalue weighted by molar-refractivity contribution is -0.142. The molecule has 1 aliphatic heterocycles. The molecule has 0 saturated heterocycles. The van der Waals surface area contributed by atoms with Crippen LogP contribution in [0.25, 0.3) is 11.1 Å². The average Bonchev–Trinajstić information content (AvgIpc) is 3.61. The molecule has 1 atom stereocenters. The molecule has 0 radical (unpaired) electrons. The number of amidine groups is 1. The maximum Gasteiger partial charge on any atom is 0.264 e. The molecular weight excluding hydrogens is 610 g/mol. The number of hydrogen-bond donors (Lipinski definition) is 4. The van der Waals surface area contributed by atoms with Gasteiger partial charge >= 0.3 is 0 Å². The van der Waals surface area contributed by atoms with Gasteiger partial charge in [0.05, 0.1) is 18.0 Å². The molecule has 1 heterocycles. The third-order valence-electron chi connectivity index (χ3n) is 8.39. The van der Waals surface area contributed by atoms with Crippen LogP contribution in [0.3, 0.4) is 0 Å². The fraction of sp³-hybridized carbons (Fsp3) is 0.485. The van der Waals surface area contributed by atoms with Crippen molar-refractivity contribution in [1.29, 1.82) is 0 Å². The second-order valence-corrected chi connectivity index (χ2v) is 14.0. The molecule has 4 rings (SSSR count). The highest BCUT2D eigenvalue weighted by Crippen LogP contribution is 2.40. The van der Waals surface area contributed by atoms with Crippen LogP contribution >= 0.6 is 0 Å². The van der Waals surface area contributed by atoms with E-state index in [4.69, 9.17) is 10.2 Å². The van der Waals surface area contributed by atoms with Gasteiger partial charge in [-0.15, -0.1) is 0 Å². The molecule has 0 aromatic heterocycles. The van der Waals surface area contributed by atoms with Gasteiger partial charge in [-0.1, -0.05) is 82.5 Å². The van der Waals surface area contributed by atoms with Crippen LogP contribution in [0.15, 0.2) is 58.4 Å². The SMILES string of the molecule is CCCCC1=NC2(CCCC2)C(=O)N1Cc1ccc(-c2ccccc2S(=O)(=O)NC(=O)CNC(=O)C(CC(C)C)C(=O)NO)cc1. The number of amides is 4. The summed E-state index contributed by atoms with van der Waals surface area (Å²) in [6.07, 6.45) is 6.38. The van der Waals surface area contributed by atoms with Crippen molar-refractivity contribution in [3.8, 4) is 11.1 Å². The topological polar surface area (TPSA) is 174 Å². The Labute approximate surface area is 270 Å². The second kappa shape index (κ2) is 15.0. The average molecular weight is 654 g/mol. The van der Waals surface area contributed by atoms with Gasteiger partial charge in [0.1, 0.15) is 17.3 Å². The van der Waals surface area contributed by atoms with Crippen LogP contribution < -0.4 is 15.5 Å². The first-order valence-electron chi connectivity index (χ1n) is 15.8. The number of carbonyl (C=O) groups is 4. The zero-order valence-electron chi connectivity index (χ0n) is 26.5. The summed E-state index contributed by atoms with van der Waals surface area (Å²) >= 11 is 0. The molecule has 12 nitrogen and oxygen atoms in total. The van der Waals surface area contributed by atoms with Crippen molar-refractivity contribution in [2.75, 3.05) is 6.54 Å². The highest BCUT2D eigenvalue weighted by molar-refractivity contribution is 7.90. The van der Waals surface area contributed by atoms with Crippen molar-refractivity contribution >= 4 is 39.5 Å². The van der Waals surface area contributed by atoms with E-state index in [1.165, 1.54) is 17.6 Å². The van der Waals surface area contributed by atoms with E-state index in [-0.39, 0.29) is 23.1 Å². The van der Waals surface area contributed by atoms with Crippen LogP contribution in [0.1, 0.15) is 77.7 Å². The molecule has 4 amide bonds. The molecule has 4 N–H and O–H groups in total. The molecule has 2 aromatic rings. The Bertz CT molecular complexity index is 1580. The second-order valence-electron chi connectivity index (χ2n) is 12.4. The van der Waals surface area contributed by atoms with E-state index in [2.05, 4.69) is 12.2 Å². The lowest BCUT2D eigenvalue weighted by atomic mass is 9.95. The molecule has 1 aliphatic carbocycles. The molecule has 248 valence electrons. The summed E-state index contributed by atoms with van der Waals surface area (Å²) in [6, 6.07) is 13.5. The highest BCUT2D eigenvalue weighted by atomic mass is 32.2. The van der Waals surface area contributed by atoms with Gasteiger partial charge < -0.3 is 5.32 Å². The minimum absolute atomic E-state index is 0.0586. The van der Waals surface area contributed by atoms with Gasteiger partial charge in [-0.2, -0.15) is 0 Å². The summed E-state index contributed by atoms with van der Waals surface area (Å²) in [5.41, 5.74) is 2.67. The summed E-state index contributed by atoms with van der Waals surface area (Å²) in [5.74, 6) is -3.14. The van der Waals surface area contributed by atoms with Gasteiger partial charge in [-0.05, 0) is 48.8 Å². The number of hydrogen-bond acceptors (Lipinski definition) is 8. The number of sulfonamides is 1. The summed E-state index contributed by atoms with van der Waals surface area (Å²) in [6.45, 7) is 5.37. The Morgan fingerprint density at radius 1 is 1.02 bits per heavy atom. The molecule has 0 bridgehead atoms. The summed E-state index contributed by atoms with van der Waals surface area (Å²) in [5, 5.41) is 11.2. The molecule has 1 saturated carbocycles. The number of nitrogens with zero attached hydrogens (tertiary/aromatic N) is 2. The Hall–Kier alpha value is -4.10. The normalized spacial score (nSPS) is 16.4. The molecule has 46 heavy (non-hydrogen) atoms. The first kappa shape index (κ1) is 34.8. The first-order valence-corrected chi connectivity index (χ1v) is 17.3. The van der Waals surface area contributed by atoms with Crippen molar-refractivity contribution < 1.29 is 32.8 Å². The van der Waals surface area contributed by atoms with Gasteiger partial charge in [-0.25, -0.2) is 18.6 Å². The summed E-state index contributed by atoms with van der Waals surface area (Å²) in [7, 11) is -4.35. The predicted molar refractivity (Wildman–Crippen MR) is 172 cm³/mol. The number of rotatable bonds is 14. The fourth-order valence-electron chi connectivity index (χ4n) is 6.02. The standard InChI is InChI=1S/C33H43N5O7S/c1-4-5-12-28-35-33(17-8-9-18-33)32(42)38(28)21-23-13-15-24(16-14-23)25-10-6-7-11-27(25)46(44,45)37-29(39)20-34-30(40)26(19-22(2)3)31(41)36-43/h6-7,10-11,13-16,22,26,43H,4-5,8-9,12,17-21H2,1-3H3,(H,34,40)(H,36,41)(H,37,39). The maximum absolute atomic E-state index is 13.5. The van der Waals surface area contributed by atoms with E-state index in [1.54, 1.807) is 38.1 Å². The van der Waals surface area contributed by atoms with Crippen LogP contribution in [0.2, 0.25) is 0 Å². The first-order chi connectivity index (χ1) is 21.9. The van der Waals surface area contributed by atoms with Crippen LogP contribution in [0, 0.1) is 11.8 Å². The fourth-order valence-corrected chi connectivity index (χ4v) is 7.24. The Balaban J connectivity index is 1.45. The lowest BCUT2D eigenvalue weighted by Gasteiger charge is -2.23. The van der Waals surface area contributed by atoms with Gasteiger partial charge in [0, 0.05) is 12.0 Å². The number of nitrogens with one attached hydrogen (secondary N) is 3. The van der Waals surface area contributed by atoms with E-state index >= 15 is 0 Å². The van der Waals surface area contributed by atoms with Gasteiger partial charge in [0.2, 0.25) is 5.91 Å². The van der Waals surface area contributed by atoms with E-state index < -0.39 is 45.7 Å². The molecule has 2 aromatic carbocycles.